The van der Waals surface area contributed by atoms with Crippen molar-refractivity contribution in [2.75, 3.05) is 53.2 Å². The van der Waals surface area contributed by atoms with Crippen molar-refractivity contribution in [3.63, 3.8) is 0 Å². The Kier molecular flexibility index (Phi) is 15.2. The number of rotatable bonds is 17. The number of ether oxygens (including phenoxy) is 2. The Balaban J connectivity index is 1.57. The molecule has 2 rings (SSSR count). The summed E-state index contributed by atoms with van der Waals surface area (Å²) < 4.78 is 9.98. The number of methoxy groups -OCH3 is 2. The monoisotopic (exact) mass is 580 g/mol. The van der Waals surface area contributed by atoms with Crippen LogP contribution in [0.1, 0.15) is 87.9 Å². The predicted octanol–water partition coefficient (Wildman–Crippen LogP) is 4.90. The average Bonchev–Trinajstić information content (AvgIpc) is 2.94. The molecule has 2 amide bonds. The summed E-state index contributed by atoms with van der Waals surface area (Å²) >= 11 is 6.13. The number of nitrogens with one attached hydrogen (secondary N) is 1. The summed E-state index contributed by atoms with van der Waals surface area (Å²) in [5, 5.41) is 3.49. The number of carbonyl (C=O) groups is 3. The summed E-state index contributed by atoms with van der Waals surface area (Å²) in [6.45, 7) is 5.82. The number of nitrogens with zero attached hydrogens (tertiary/aromatic N) is 2. The molecule has 1 saturated heterocycles. The molecule has 2 atom stereocenters. The molecule has 1 heterocycles. The van der Waals surface area contributed by atoms with Gasteiger partial charge in [-0.2, -0.15) is 0 Å². The smallest absolute Gasteiger partial charge is 0.305 e. The van der Waals surface area contributed by atoms with Crippen molar-refractivity contribution in [1.29, 1.82) is 0 Å². The number of anilines is 1. The third-order valence-corrected chi connectivity index (χ3v) is 8.09. The number of carbonyl (C=O) groups excluding carboxylic acids is 3. The lowest BCUT2D eigenvalue weighted by Gasteiger charge is -2.37. The highest BCUT2D eigenvalue weighted by Gasteiger charge is 2.28. The van der Waals surface area contributed by atoms with Crippen molar-refractivity contribution >= 4 is 35.1 Å². The maximum absolute atomic E-state index is 12.9. The minimum Gasteiger partial charge on any atom is -0.496 e. The van der Waals surface area contributed by atoms with Crippen molar-refractivity contribution in [2.45, 2.75) is 83.6 Å². The van der Waals surface area contributed by atoms with Gasteiger partial charge >= 0.3 is 5.97 Å². The van der Waals surface area contributed by atoms with Crippen LogP contribution >= 0.6 is 11.6 Å². The zero-order valence-corrected chi connectivity index (χ0v) is 25.6. The number of halogens is 1. The highest BCUT2D eigenvalue weighted by Crippen LogP contribution is 2.29. The predicted molar refractivity (Wildman–Crippen MR) is 160 cm³/mol. The summed E-state index contributed by atoms with van der Waals surface area (Å²) in [5.74, 6) is 0.604. The molecule has 10 heteroatoms. The molecule has 9 nitrogen and oxygen atoms in total. The third kappa shape index (κ3) is 11.5. The lowest BCUT2D eigenvalue weighted by molar-refractivity contribution is -0.140. The van der Waals surface area contributed by atoms with E-state index in [1.165, 1.54) is 14.2 Å². The standard InChI is InChI=1S/C30H49ClN4O5/c1-22-21-35(18-15-26(22)33-30(38)23-19-24(31)25(32)20-27(23)39-3)17-12-8-9-13-28(36)34(2)16-11-7-5-6-10-14-29(37)40-4/h19-20,22,26H,5-18,21,32H2,1-4H3,(H,33,38)/t22-,26+/m0/s1. The van der Waals surface area contributed by atoms with E-state index in [2.05, 4.69) is 21.9 Å². The number of unbranched alkanes of at least 4 members (excludes halogenated alkanes) is 6. The molecule has 226 valence electrons. The normalized spacial score (nSPS) is 17.3. The summed E-state index contributed by atoms with van der Waals surface area (Å²) in [6.07, 6.45) is 10.00. The summed E-state index contributed by atoms with van der Waals surface area (Å²) in [5.41, 5.74) is 6.61. The van der Waals surface area contributed by atoms with Crippen LogP contribution in [0.15, 0.2) is 12.1 Å². The van der Waals surface area contributed by atoms with E-state index in [-0.39, 0.29) is 23.8 Å². The third-order valence-electron chi connectivity index (χ3n) is 7.76. The lowest BCUT2D eigenvalue weighted by atomic mass is 9.93. The van der Waals surface area contributed by atoms with Gasteiger partial charge in [0.25, 0.3) is 5.91 Å². The fourth-order valence-electron chi connectivity index (χ4n) is 5.17. The van der Waals surface area contributed by atoms with E-state index >= 15 is 0 Å². The van der Waals surface area contributed by atoms with Gasteiger partial charge in [-0.05, 0) is 50.6 Å². The van der Waals surface area contributed by atoms with Crippen molar-refractivity contribution in [3.05, 3.63) is 22.7 Å². The van der Waals surface area contributed by atoms with Crippen LogP contribution in [0.2, 0.25) is 5.02 Å². The Morgan fingerprint density at radius 2 is 1.73 bits per heavy atom. The van der Waals surface area contributed by atoms with Gasteiger partial charge < -0.3 is 30.3 Å². The topological polar surface area (TPSA) is 114 Å². The molecular formula is C30H49ClN4O5. The van der Waals surface area contributed by atoms with Crippen molar-refractivity contribution in [3.8, 4) is 5.75 Å². The molecule has 1 aliphatic heterocycles. The molecule has 1 aromatic rings. The van der Waals surface area contributed by atoms with Crippen LogP contribution in [0, 0.1) is 5.92 Å². The van der Waals surface area contributed by atoms with Gasteiger partial charge in [-0.1, -0.05) is 44.2 Å². The Hall–Kier alpha value is -2.52. The number of likely N-dealkylation sites (tertiary alicyclic amines) is 1. The number of nitrogen functional groups attached to an aromatic ring is 1. The minimum atomic E-state index is -0.200. The lowest BCUT2D eigenvalue weighted by Crippen LogP contribution is -2.50. The van der Waals surface area contributed by atoms with E-state index in [1.54, 1.807) is 12.1 Å². The second-order valence-electron chi connectivity index (χ2n) is 10.9. The Morgan fingerprint density at radius 3 is 2.42 bits per heavy atom. The number of piperidine rings is 1. The molecule has 3 N–H and O–H groups in total. The number of hydrogen-bond acceptors (Lipinski definition) is 7. The highest BCUT2D eigenvalue weighted by atomic mass is 35.5. The molecular weight excluding hydrogens is 532 g/mol. The highest BCUT2D eigenvalue weighted by molar-refractivity contribution is 6.33. The van der Waals surface area contributed by atoms with Gasteiger partial charge in [0.1, 0.15) is 5.75 Å². The molecule has 0 aromatic heterocycles. The Labute approximate surface area is 245 Å². The van der Waals surface area contributed by atoms with Gasteiger partial charge in [-0.25, -0.2) is 0 Å². The van der Waals surface area contributed by atoms with Crippen molar-refractivity contribution in [1.82, 2.24) is 15.1 Å². The number of esters is 1. The van der Waals surface area contributed by atoms with Crippen molar-refractivity contribution < 1.29 is 23.9 Å². The first-order valence-corrected chi connectivity index (χ1v) is 15.0. The van der Waals surface area contributed by atoms with Gasteiger partial charge in [0.05, 0.1) is 30.5 Å². The van der Waals surface area contributed by atoms with Crippen LogP contribution in [-0.2, 0) is 14.3 Å². The number of hydrogen-bond donors (Lipinski definition) is 2. The Morgan fingerprint density at radius 1 is 1.05 bits per heavy atom. The van der Waals surface area contributed by atoms with Gasteiger partial charge in [-0.15, -0.1) is 0 Å². The molecule has 0 aliphatic carbocycles. The van der Waals surface area contributed by atoms with E-state index in [1.807, 2.05) is 11.9 Å². The van der Waals surface area contributed by atoms with Gasteiger partial charge in [0, 0.05) is 51.6 Å². The summed E-state index contributed by atoms with van der Waals surface area (Å²) in [7, 11) is 4.82. The first-order chi connectivity index (χ1) is 19.2. The van der Waals surface area contributed by atoms with E-state index < -0.39 is 0 Å². The van der Waals surface area contributed by atoms with Crippen molar-refractivity contribution in [2.24, 2.45) is 5.92 Å². The molecule has 1 fully saturated rings. The molecule has 1 aromatic carbocycles. The SMILES string of the molecule is COC(=O)CCCCCCCN(C)C(=O)CCCCCN1CC[C@@H](NC(=O)c2cc(Cl)c(N)cc2OC)[C@@H](C)C1. The summed E-state index contributed by atoms with van der Waals surface area (Å²) in [6, 6.07) is 3.22. The average molecular weight is 581 g/mol. The molecule has 0 bridgehead atoms. The fraction of sp³-hybridized carbons (Fsp3) is 0.700. The van der Waals surface area contributed by atoms with Crippen LogP contribution in [0.4, 0.5) is 5.69 Å². The molecule has 0 radical (unpaired) electrons. The zero-order valence-electron chi connectivity index (χ0n) is 24.8. The molecule has 40 heavy (non-hydrogen) atoms. The molecule has 0 saturated carbocycles. The van der Waals surface area contributed by atoms with Crippen LogP contribution in [-0.4, -0.2) is 81.1 Å². The first-order valence-electron chi connectivity index (χ1n) is 14.6. The van der Waals surface area contributed by atoms with E-state index in [0.717, 1.165) is 84.0 Å². The largest absolute Gasteiger partial charge is 0.496 e. The van der Waals surface area contributed by atoms with Gasteiger partial charge in [0.15, 0.2) is 0 Å². The van der Waals surface area contributed by atoms with Gasteiger partial charge in [-0.3, -0.25) is 14.4 Å². The quantitative estimate of drug-likeness (QED) is 0.153. The first kappa shape index (κ1) is 33.7. The summed E-state index contributed by atoms with van der Waals surface area (Å²) in [4.78, 5) is 40.8. The van der Waals surface area contributed by atoms with Crippen LogP contribution in [0.3, 0.4) is 0 Å². The van der Waals surface area contributed by atoms with Crippen LogP contribution < -0.4 is 15.8 Å². The van der Waals surface area contributed by atoms with E-state index in [9.17, 15) is 14.4 Å². The second kappa shape index (κ2) is 18.0. The number of nitrogens with two attached hydrogens (primary N) is 1. The zero-order chi connectivity index (χ0) is 29.5. The maximum Gasteiger partial charge on any atom is 0.305 e. The van der Waals surface area contributed by atoms with Crippen LogP contribution in [0.25, 0.3) is 0 Å². The van der Waals surface area contributed by atoms with Gasteiger partial charge in [0.2, 0.25) is 5.91 Å². The number of benzene rings is 1. The fourth-order valence-corrected chi connectivity index (χ4v) is 5.33. The maximum atomic E-state index is 12.9. The Bertz CT molecular complexity index is 960. The number of amides is 2. The van der Waals surface area contributed by atoms with E-state index in [4.69, 9.17) is 22.1 Å². The molecule has 0 unspecified atom stereocenters. The minimum absolute atomic E-state index is 0.0813. The van der Waals surface area contributed by atoms with E-state index in [0.29, 0.717) is 40.8 Å². The second-order valence-corrected chi connectivity index (χ2v) is 11.3. The molecule has 0 spiro atoms. The molecule has 1 aliphatic rings. The van der Waals surface area contributed by atoms with Crippen LogP contribution in [0.5, 0.6) is 5.75 Å².